The van der Waals surface area contributed by atoms with Crippen molar-refractivity contribution in [3.63, 3.8) is 0 Å². The number of pyridine rings is 1. The first-order valence-electron chi connectivity index (χ1n) is 7.71. The minimum atomic E-state index is 0.00547. The van der Waals surface area contributed by atoms with Gasteiger partial charge in [-0.1, -0.05) is 24.6 Å². The maximum absolute atomic E-state index is 9.50. The third-order valence-corrected chi connectivity index (χ3v) is 4.05. The Bertz CT molecular complexity index is 594. The molecule has 1 saturated heterocycles. The number of aliphatic hydroxyl groups is 1. The Labute approximate surface area is 125 Å². The molecule has 1 aromatic heterocycles. The summed E-state index contributed by atoms with van der Waals surface area (Å²) < 4.78 is 5.80. The van der Waals surface area contributed by atoms with Crippen LogP contribution in [0, 0.1) is 0 Å². The molecule has 0 amide bonds. The molecule has 1 fully saturated rings. The molecule has 0 spiro atoms. The number of hydrogen-bond acceptors (Lipinski definition) is 4. The van der Waals surface area contributed by atoms with Gasteiger partial charge in [0.2, 0.25) is 5.88 Å². The van der Waals surface area contributed by atoms with E-state index in [4.69, 9.17) is 4.74 Å². The number of aliphatic hydroxyl groups excluding tert-OH is 1. The second kappa shape index (κ2) is 6.87. The van der Waals surface area contributed by atoms with E-state index in [1.165, 1.54) is 32.4 Å². The number of benzene rings is 1. The molecule has 2 heterocycles. The summed E-state index contributed by atoms with van der Waals surface area (Å²) in [6.45, 7) is 3.96. The quantitative estimate of drug-likeness (QED) is 0.917. The van der Waals surface area contributed by atoms with Gasteiger partial charge in [0.25, 0.3) is 0 Å². The maximum atomic E-state index is 9.50. The zero-order valence-electron chi connectivity index (χ0n) is 12.3. The number of piperidine rings is 1. The second-order valence-corrected chi connectivity index (χ2v) is 5.55. The largest absolute Gasteiger partial charge is 0.476 e. The number of rotatable bonds is 5. The predicted molar refractivity (Wildman–Crippen MR) is 83.5 cm³/mol. The van der Waals surface area contributed by atoms with Crippen LogP contribution in [0.15, 0.2) is 30.3 Å². The fourth-order valence-electron chi connectivity index (χ4n) is 2.89. The highest BCUT2D eigenvalue weighted by Gasteiger charge is 2.10. The molecule has 0 unspecified atom stereocenters. The van der Waals surface area contributed by atoms with Crippen molar-refractivity contribution in [1.82, 2.24) is 9.88 Å². The number of hydrogen-bond donors (Lipinski definition) is 1. The number of likely N-dealkylation sites (tertiary alicyclic amines) is 1. The van der Waals surface area contributed by atoms with Gasteiger partial charge in [-0.05, 0) is 37.6 Å². The summed E-state index contributed by atoms with van der Waals surface area (Å²) in [5.41, 5.74) is 1.74. The van der Waals surface area contributed by atoms with Gasteiger partial charge in [0.15, 0.2) is 0 Å². The Kier molecular flexibility index (Phi) is 4.68. The average molecular weight is 286 g/mol. The van der Waals surface area contributed by atoms with Gasteiger partial charge in [0, 0.05) is 18.0 Å². The van der Waals surface area contributed by atoms with Crippen LogP contribution >= 0.6 is 0 Å². The summed E-state index contributed by atoms with van der Waals surface area (Å²) in [5, 5.41) is 10.5. The van der Waals surface area contributed by atoms with Crippen LogP contribution in [-0.4, -0.2) is 41.2 Å². The maximum Gasteiger partial charge on any atom is 0.214 e. The lowest BCUT2D eigenvalue weighted by atomic mass is 10.1. The molecule has 0 aliphatic carbocycles. The number of ether oxygens (including phenoxy) is 1. The molecule has 112 valence electrons. The van der Waals surface area contributed by atoms with E-state index >= 15 is 0 Å². The normalized spacial score (nSPS) is 16.2. The minimum absolute atomic E-state index is 0.00547. The standard InChI is InChI=1S/C17H22N2O2/c20-13-14-12-17(18-16-7-3-2-6-15(14)16)21-11-10-19-8-4-1-5-9-19/h2-3,6-7,12,20H,1,4-5,8-11,13H2. The number of fused-ring (bicyclic) bond motifs is 1. The molecule has 1 N–H and O–H groups in total. The van der Waals surface area contributed by atoms with E-state index in [0.717, 1.165) is 23.0 Å². The summed E-state index contributed by atoms with van der Waals surface area (Å²) >= 11 is 0. The fourth-order valence-corrected chi connectivity index (χ4v) is 2.89. The Hall–Kier alpha value is -1.65. The number of aromatic nitrogens is 1. The van der Waals surface area contributed by atoms with E-state index in [0.29, 0.717) is 12.5 Å². The second-order valence-electron chi connectivity index (χ2n) is 5.55. The van der Waals surface area contributed by atoms with Crippen molar-refractivity contribution in [3.8, 4) is 5.88 Å². The van der Waals surface area contributed by atoms with Gasteiger partial charge in [-0.15, -0.1) is 0 Å². The predicted octanol–water partition coefficient (Wildman–Crippen LogP) is 2.59. The van der Waals surface area contributed by atoms with Crippen LogP contribution in [0.5, 0.6) is 5.88 Å². The van der Waals surface area contributed by atoms with Crippen LogP contribution in [0.2, 0.25) is 0 Å². The SMILES string of the molecule is OCc1cc(OCCN2CCCCC2)nc2ccccc12. The van der Waals surface area contributed by atoms with E-state index in [9.17, 15) is 5.11 Å². The third-order valence-electron chi connectivity index (χ3n) is 4.05. The summed E-state index contributed by atoms with van der Waals surface area (Å²) in [7, 11) is 0. The first-order valence-corrected chi connectivity index (χ1v) is 7.71. The molecule has 3 rings (SSSR count). The first-order chi connectivity index (χ1) is 10.4. The van der Waals surface area contributed by atoms with Crippen molar-refractivity contribution in [2.75, 3.05) is 26.2 Å². The molecule has 4 heteroatoms. The zero-order valence-corrected chi connectivity index (χ0v) is 12.3. The van der Waals surface area contributed by atoms with Crippen molar-refractivity contribution in [3.05, 3.63) is 35.9 Å². The lowest BCUT2D eigenvalue weighted by Gasteiger charge is -2.26. The van der Waals surface area contributed by atoms with E-state index in [1.807, 2.05) is 30.3 Å². The van der Waals surface area contributed by atoms with E-state index < -0.39 is 0 Å². The van der Waals surface area contributed by atoms with Gasteiger partial charge < -0.3 is 9.84 Å². The van der Waals surface area contributed by atoms with E-state index in [1.54, 1.807) is 0 Å². The van der Waals surface area contributed by atoms with Crippen LogP contribution < -0.4 is 4.74 Å². The highest BCUT2D eigenvalue weighted by Crippen LogP contribution is 2.22. The van der Waals surface area contributed by atoms with Crippen LogP contribution in [0.1, 0.15) is 24.8 Å². The third kappa shape index (κ3) is 3.52. The van der Waals surface area contributed by atoms with Gasteiger partial charge in [0.05, 0.1) is 12.1 Å². The van der Waals surface area contributed by atoms with Crippen LogP contribution in [0.3, 0.4) is 0 Å². The van der Waals surface area contributed by atoms with Gasteiger partial charge in [0.1, 0.15) is 6.61 Å². The molecular formula is C17H22N2O2. The Morgan fingerprint density at radius 2 is 1.95 bits per heavy atom. The van der Waals surface area contributed by atoms with Crippen molar-refractivity contribution in [1.29, 1.82) is 0 Å². The average Bonchev–Trinajstić information content (AvgIpc) is 2.55. The smallest absolute Gasteiger partial charge is 0.214 e. The van der Waals surface area contributed by atoms with Gasteiger partial charge in [-0.3, -0.25) is 4.90 Å². The van der Waals surface area contributed by atoms with Gasteiger partial charge in [-0.2, -0.15) is 0 Å². The molecule has 1 aliphatic heterocycles. The van der Waals surface area contributed by atoms with Crippen LogP contribution in [0.4, 0.5) is 0 Å². The molecule has 4 nitrogen and oxygen atoms in total. The Balaban J connectivity index is 1.66. The molecule has 2 aromatic rings. The monoisotopic (exact) mass is 286 g/mol. The Morgan fingerprint density at radius 1 is 1.14 bits per heavy atom. The highest BCUT2D eigenvalue weighted by atomic mass is 16.5. The summed E-state index contributed by atoms with van der Waals surface area (Å²) in [6.07, 6.45) is 3.94. The molecule has 1 aliphatic rings. The molecular weight excluding hydrogens is 264 g/mol. The summed E-state index contributed by atoms with van der Waals surface area (Å²) in [5.74, 6) is 0.606. The molecule has 0 bridgehead atoms. The van der Waals surface area contributed by atoms with Crippen LogP contribution in [0.25, 0.3) is 10.9 Å². The summed E-state index contributed by atoms with van der Waals surface area (Å²) in [4.78, 5) is 6.96. The lowest BCUT2D eigenvalue weighted by molar-refractivity contribution is 0.180. The Morgan fingerprint density at radius 3 is 2.76 bits per heavy atom. The molecule has 0 atom stereocenters. The summed E-state index contributed by atoms with van der Waals surface area (Å²) in [6, 6.07) is 9.68. The zero-order chi connectivity index (χ0) is 14.5. The first kappa shape index (κ1) is 14.3. The lowest BCUT2D eigenvalue weighted by Crippen LogP contribution is -2.33. The van der Waals surface area contributed by atoms with Crippen molar-refractivity contribution >= 4 is 10.9 Å². The van der Waals surface area contributed by atoms with Gasteiger partial charge in [-0.25, -0.2) is 4.98 Å². The number of para-hydroxylation sites is 1. The van der Waals surface area contributed by atoms with Crippen LogP contribution in [-0.2, 0) is 6.61 Å². The van der Waals surface area contributed by atoms with Crippen molar-refractivity contribution in [2.24, 2.45) is 0 Å². The van der Waals surface area contributed by atoms with Crippen molar-refractivity contribution < 1.29 is 9.84 Å². The highest BCUT2D eigenvalue weighted by molar-refractivity contribution is 5.82. The molecule has 0 saturated carbocycles. The van der Waals surface area contributed by atoms with Gasteiger partial charge >= 0.3 is 0 Å². The van der Waals surface area contributed by atoms with Crippen molar-refractivity contribution in [2.45, 2.75) is 25.9 Å². The number of nitrogens with zero attached hydrogens (tertiary/aromatic N) is 2. The molecule has 1 aromatic carbocycles. The van der Waals surface area contributed by atoms with E-state index in [-0.39, 0.29) is 6.61 Å². The molecule has 0 radical (unpaired) electrons. The topological polar surface area (TPSA) is 45.6 Å². The van der Waals surface area contributed by atoms with E-state index in [2.05, 4.69) is 9.88 Å². The minimum Gasteiger partial charge on any atom is -0.476 e. The molecule has 21 heavy (non-hydrogen) atoms. The fraction of sp³-hybridized carbons (Fsp3) is 0.471.